The second-order valence-corrected chi connectivity index (χ2v) is 5.86. The van der Waals surface area contributed by atoms with Crippen molar-refractivity contribution in [1.29, 1.82) is 0 Å². The molecule has 100 valence electrons. The third-order valence-corrected chi connectivity index (χ3v) is 4.29. The van der Waals surface area contributed by atoms with Gasteiger partial charge < -0.3 is 11.1 Å². The van der Waals surface area contributed by atoms with Gasteiger partial charge in [0.15, 0.2) is 0 Å². The third kappa shape index (κ3) is 3.59. The lowest BCUT2D eigenvalue weighted by Gasteiger charge is -2.37. The van der Waals surface area contributed by atoms with Gasteiger partial charge in [0, 0.05) is 6.54 Å². The Bertz CT molecular complexity index is 266. The summed E-state index contributed by atoms with van der Waals surface area (Å²) in [6, 6.07) is 0. The number of nitrogens with two attached hydrogens (primary N) is 1. The van der Waals surface area contributed by atoms with E-state index in [1.165, 1.54) is 25.7 Å². The number of hydrogen-bond donors (Lipinski definition) is 2. The van der Waals surface area contributed by atoms with E-state index >= 15 is 0 Å². The molecule has 17 heavy (non-hydrogen) atoms. The van der Waals surface area contributed by atoms with Crippen molar-refractivity contribution in [2.75, 3.05) is 6.54 Å². The molecule has 1 amide bonds. The van der Waals surface area contributed by atoms with Crippen molar-refractivity contribution in [1.82, 2.24) is 5.32 Å². The molecule has 2 rings (SSSR count). The van der Waals surface area contributed by atoms with Crippen molar-refractivity contribution in [3.63, 3.8) is 0 Å². The molecule has 2 unspecified atom stereocenters. The van der Waals surface area contributed by atoms with E-state index in [0.717, 1.165) is 31.7 Å². The van der Waals surface area contributed by atoms with Gasteiger partial charge in [0.25, 0.3) is 0 Å². The minimum absolute atomic E-state index is 0. The fourth-order valence-electron chi connectivity index (χ4n) is 2.94. The third-order valence-electron chi connectivity index (χ3n) is 4.29. The molecule has 0 heterocycles. The van der Waals surface area contributed by atoms with Crippen LogP contribution < -0.4 is 11.1 Å². The average molecular weight is 261 g/mol. The van der Waals surface area contributed by atoms with Gasteiger partial charge in [-0.25, -0.2) is 0 Å². The van der Waals surface area contributed by atoms with Crippen LogP contribution in [0.1, 0.15) is 51.9 Å². The van der Waals surface area contributed by atoms with E-state index < -0.39 is 5.54 Å². The lowest BCUT2D eigenvalue weighted by molar-refractivity contribution is -0.129. The summed E-state index contributed by atoms with van der Waals surface area (Å²) >= 11 is 0. The number of hydrogen-bond acceptors (Lipinski definition) is 2. The smallest absolute Gasteiger partial charge is 0.240 e. The van der Waals surface area contributed by atoms with Crippen LogP contribution >= 0.6 is 12.4 Å². The van der Waals surface area contributed by atoms with Gasteiger partial charge >= 0.3 is 0 Å². The van der Waals surface area contributed by atoms with Crippen LogP contribution in [0.2, 0.25) is 0 Å². The van der Waals surface area contributed by atoms with Gasteiger partial charge in [-0.15, -0.1) is 12.4 Å². The predicted octanol–water partition coefficient (Wildman–Crippen LogP) is 2.23. The molecule has 2 aliphatic carbocycles. The maximum Gasteiger partial charge on any atom is 0.240 e. The highest BCUT2D eigenvalue weighted by atomic mass is 35.5. The quantitative estimate of drug-likeness (QED) is 0.818. The molecule has 0 aliphatic heterocycles. The highest BCUT2D eigenvalue weighted by molar-refractivity contribution is 5.87. The molecule has 4 heteroatoms. The molecule has 2 aliphatic rings. The summed E-state index contributed by atoms with van der Waals surface area (Å²) in [5, 5.41) is 3.05. The van der Waals surface area contributed by atoms with E-state index in [-0.39, 0.29) is 18.3 Å². The molecule has 0 aromatic heterocycles. The summed E-state index contributed by atoms with van der Waals surface area (Å²) in [7, 11) is 0. The lowest BCUT2D eigenvalue weighted by atomic mass is 9.76. The van der Waals surface area contributed by atoms with Crippen LogP contribution in [0.15, 0.2) is 0 Å². The Balaban J connectivity index is 0.00000144. The Kier molecular flexibility index (Phi) is 5.26. The Morgan fingerprint density at radius 1 is 1.35 bits per heavy atom. The summed E-state index contributed by atoms with van der Waals surface area (Å²) in [4.78, 5) is 11.8. The maximum atomic E-state index is 11.8. The largest absolute Gasteiger partial charge is 0.354 e. The van der Waals surface area contributed by atoms with Crippen molar-refractivity contribution in [2.45, 2.75) is 57.4 Å². The van der Waals surface area contributed by atoms with Crippen LogP contribution in [0.4, 0.5) is 0 Å². The zero-order valence-electron chi connectivity index (χ0n) is 10.7. The number of halogens is 1. The molecule has 0 saturated heterocycles. The Morgan fingerprint density at radius 3 is 2.59 bits per heavy atom. The lowest BCUT2D eigenvalue weighted by Crippen LogP contribution is -2.59. The Labute approximate surface area is 110 Å². The van der Waals surface area contributed by atoms with Gasteiger partial charge in [-0.1, -0.05) is 19.8 Å². The van der Waals surface area contributed by atoms with Crippen molar-refractivity contribution in [3.05, 3.63) is 0 Å². The minimum Gasteiger partial charge on any atom is -0.354 e. The molecule has 0 bridgehead atoms. The summed E-state index contributed by atoms with van der Waals surface area (Å²) < 4.78 is 0. The van der Waals surface area contributed by atoms with Crippen molar-refractivity contribution < 1.29 is 4.79 Å². The van der Waals surface area contributed by atoms with E-state index in [9.17, 15) is 4.79 Å². The first-order chi connectivity index (χ1) is 7.60. The number of amides is 1. The van der Waals surface area contributed by atoms with Crippen LogP contribution in [-0.2, 0) is 4.79 Å². The van der Waals surface area contributed by atoms with Crippen LogP contribution in [0.5, 0.6) is 0 Å². The molecule has 0 radical (unpaired) electrons. The molecule has 0 aromatic carbocycles. The molecule has 0 spiro atoms. The molecule has 2 atom stereocenters. The van der Waals surface area contributed by atoms with Crippen LogP contribution in [0.3, 0.4) is 0 Å². The zero-order chi connectivity index (χ0) is 11.6. The topological polar surface area (TPSA) is 55.1 Å². The fraction of sp³-hybridized carbons (Fsp3) is 0.923. The molecule has 3 N–H and O–H groups in total. The van der Waals surface area contributed by atoms with Crippen molar-refractivity contribution in [3.8, 4) is 0 Å². The van der Waals surface area contributed by atoms with E-state index in [1.807, 2.05) is 0 Å². The first-order valence-corrected chi connectivity index (χ1v) is 6.67. The SMILES string of the molecule is CC1CCCC(CNC(=O)C2(N)CCC2)C1.Cl. The van der Waals surface area contributed by atoms with Gasteiger partial charge in [0.1, 0.15) is 0 Å². The second kappa shape index (κ2) is 6.05. The molecular formula is C13H25ClN2O. The zero-order valence-corrected chi connectivity index (χ0v) is 11.5. The predicted molar refractivity (Wildman–Crippen MR) is 72.1 cm³/mol. The first-order valence-electron chi connectivity index (χ1n) is 6.67. The normalized spacial score (nSPS) is 30.9. The number of nitrogens with one attached hydrogen (secondary N) is 1. The monoisotopic (exact) mass is 260 g/mol. The van der Waals surface area contributed by atoms with Gasteiger partial charge in [0.05, 0.1) is 5.54 Å². The standard InChI is InChI=1S/C13H24N2O.ClH/c1-10-4-2-5-11(8-10)9-15-12(16)13(14)6-3-7-13;/h10-11H,2-9,14H2,1H3,(H,15,16);1H. The fourth-order valence-corrected chi connectivity index (χ4v) is 2.94. The maximum absolute atomic E-state index is 11.8. The van der Waals surface area contributed by atoms with E-state index in [2.05, 4.69) is 12.2 Å². The Hall–Kier alpha value is -0.280. The van der Waals surface area contributed by atoms with Crippen LogP contribution in [0.25, 0.3) is 0 Å². The van der Waals surface area contributed by atoms with Gasteiger partial charge in [-0.3, -0.25) is 4.79 Å². The van der Waals surface area contributed by atoms with Crippen molar-refractivity contribution in [2.24, 2.45) is 17.6 Å². The first kappa shape index (κ1) is 14.8. The van der Waals surface area contributed by atoms with Gasteiger partial charge in [-0.2, -0.15) is 0 Å². The highest BCUT2D eigenvalue weighted by Crippen LogP contribution is 2.30. The molecule has 2 fully saturated rings. The summed E-state index contributed by atoms with van der Waals surface area (Å²) in [5.41, 5.74) is 5.45. The Morgan fingerprint density at radius 2 is 2.06 bits per heavy atom. The van der Waals surface area contributed by atoms with E-state index in [0.29, 0.717) is 5.92 Å². The minimum atomic E-state index is -0.527. The van der Waals surface area contributed by atoms with Crippen molar-refractivity contribution >= 4 is 18.3 Å². The summed E-state index contributed by atoms with van der Waals surface area (Å²) in [6.07, 6.45) is 8.02. The number of rotatable bonds is 3. The highest BCUT2D eigenvalue weighted by Gasteiger charge is 2.40. The molecular weight excluding hydrogens is 236 g/mol. The molecule has 0 aromatic rings. The van der Waals surface area contributed by atoms with Gasteiger partial charge in [0.2, 0.25) is 5.91 Å². The van der Waals surface area contributed by atoms with Crippen LogP contribution in [0, 0.1) is 11.8 Å². The summed E-state index contributed by atoms with van der Waals surface area (Å²) in [5.74, 6) is 1.58. The summed E-state index contributed by atoms with van der Waals surface area (Å²) in [6.45, 7) is 3.15. The van der Waals surface area contributed by atoms with Gasteiger partial charge in [-0.05, 0) is 43.9 Å². The molecule has 3 nitrogen and oxygen atoms in total. The average Bonchev–Trinajstić information content (AvgIpc) is 2.22. The van der Waals surface area contributed by atoms with Crippen LogP contribution in [-0.4, -0.2) is 18.0 Å². The molecule has 2 saturated carbocycles. The number of carbonyl (C=O) groups is 1. The van der Waals surface area contributed by atoms with E-state index in [4.69, 9.17) is 5.73 Å². The number of carbonyl (C=O) groups excluding carboxylic acids is 1. The van der Waals surface area contributed by atoms with E-state index in [1.54, 1.807) is 0 Å². The second-order valence-electron chi connectivity index (χ2n) is 5.86.